The highest BCUT2D eigenvalue weighted by atomic mass is 35.5. The lowest BCUT2D eigenvalue weighted by Crippen LogP contribution is -2.40. The van der Waals surface area contributed by atoms with E-state index in [-0.39, 0.29) is 12.0 Å². The van der Waals surface area contributed by atoms with Crippen LogP contribution in [0.25, 0.3) is 0 Å². The summed E-state index contributed by atoms with van der Waals surface area (Å²) in [5, 5.41) is 3.48. The molecule has 5 heteroatoms. The number of benzene rings is 1. The van der Waals surface area contributed by atoms with Gasteiger partial charge in [-0.3, -0.25) is 4.79 Å². The van der Waals surface area contributed by atoms with Gasteiger partial charge < -0.3 is 14.8 Å². The van der Waals surface area contributed by atoms with Crippen molar-refractivity contribution in [2.75, 3.05) is 13.2 Å². The molecule has 1 N–H and O–H groups in total. The van der Waals surface area contributed by atoms with E-state index in [4.69, 9.17) is 21.1 Å². The zero-order valence-corrected chi connectivity index (χ0v) is 11.7. The van der Waals surface area contributed by atoms with Crippen LogP contribution in [0.3, 0.4) is 0 Å². The number of amides is 1. The van der Waals surface area contributed by atoms with Crippen LogP contribution in [0.1, 0.15) is 19.8 Å². The van der Waals surface area contributed by atoms with Crippen molar-refractivity contribution in [1.82, 2.24) is 5.32 Å². The number of halogens is 1. The summed E-state index contributed by atoms with van der Waals surface area (Å²) in [6.07, 6.45) is 1.68. The predicted octanol–water partition coefficient (Wildman–Crippen LogP) is 2.40. The van der Waals surface area contributed by atoms with Gasteiger partial charge in [0.15, 0.2) is 6.10 Å². The molecule has 1 heterocycles. The fraction of sp³-hybridized carbons (Fsp3) is 0.500. The highest BCUT2D eigenvalue weighted by Gasteiger charge is 2.19. The molecule has 2 atom stereocenters. The molecule has 0 radical (unpaired) electrons. The first-order valence-electron chi connectivity index (χ1n) is 6.46. The summed E-state index contributed by atoms with van der Waals surface area (Å²) in [7, 11) is 0. The van der Waals surface area contributed by atoms with E-state index in [9.17, 15) is 4.79 Å². The Morgan fingerprint density at radius 1 is 1.53 bits per heavy atom. The molecule has 1 saturated heterocycles. The number of nitrogens with one attached hydrogen (secondary N) is 1. The molecule has 2 rings (SSSR count). The molecule has 1 fully saturated rings. The van der Waals surface area contributed by atoms with Crippen LogP contribution in [0.5, 0.6) is 5.75 Å². The normalized spacial score (nSPS) is 20.0. The van der Waals surface area contributed by atoms with Gasteiger partial charge in [0.05, 0.1) is 6.10 Å². The monoisotopic (exact) mass is 283 g/mol. The summed E-state index contributed by atoms with van der Waals surface area (Å²) < 4.78 is 11.0. The fourth-order valence-corrected chi connectivity index (χ4v) is 2.06. The summed E-state index contributed by atoms with van der Waals surface area (Å²) in [5.41, 5.74) is 0. The SMILES string of the molecule is C[C@@H](Oc1ccc(Cl)cc1)C(=O)NC[C@@H]1CCCO1. The lowest BCUT2D eigenvalue weighted by Gasteiger charge is -2.16. The number of carbonyl (C=O) groups is 1. The molecule has 0 aliphatic carbocycles. The largest absolute Gasteiger partial charge is 0.481 e. The third-order valence-corrected chi connectivity index (χ3v) is 3.28. The lowest BCUT2D eigenvalue weighted by atomic mass is 10.2. The van der Waals surface area contributed by atoms with Crippen LogP contribution in [0.2, 0.25) is 5.02 Å². The number of rotatable bonds is 5. The summed E-state index contributed by atoms with van der Waals surface area (Å²) in [6, 6.07) is 6.94. The summed E-state index contributed by atoms with van der Waals surface area (Å²) in [6.45, 7) is 3.06. The second-order valence-electron chi connectivity index (χ2n) is 4.59. The van der Waals surface area contributed by atoms with Gasteiger partial charge >= 0.3 is 0 Å². The third-order valence-electron chi connectivity index (χ3n) is 3.02. The number of ether oxygens (including phenoxy) is 2. The molecular formula is C14H18ClNO3. The zero-order valence-electron chi connectivity index (χ0n) is 10.9. The number of hydrogen-bond donors (Lipinski definition) is 1. The van der Waals surface area contributed by atoms with Crippen LogP contribution >= 0.6 is 11.6 Å². The van der Waals surface area contributed by atoms with Crippen LogP contribution in [0.4, 0.5) is 0 Å². The molecule has 1 aliphatic rings. The maximum absolute atomic E-state index is 11.9. The Morgan fingerprint density at radius 2 is 2.26 bits per heavy atom. The van der Waals surface area contributed by atoms with Gasteiger partial charge in [-0.15, -0.1) is 0 Å². The van der Waals surface area contributed by atoms with Crippen LogP contribution < -0.4 is 10.1 Å². The second-order valence-corrected chi connectivity index (χ2v) is 5.03. The molecule has 1 amide bonds. The fourth-order valence-electron chi connectivity index (χ4n) is 1.93. The van der Waals surface area contributed by atoms with Gasteiger partial charge in [-0.1, -0.05) is 11.6 Å². The summed E-state index contributed by atoms with van der Waals surface area (Å²) in [4.78, 5) is 11.9. The van der Waals surface area contributed by atoms with E-state index in [0.29, 0.717) is 17.3 Å². The lowest BCUT2D eigenvalue weighted by molar-refractivity contribution is -0.127. The van der Waals surface area contributed by atoms with E-state index in [1.54, 1.807) is 31.2 Å². The molecule has 0 bridgehead atoms. The van der Waals surface area contributed by atoms with Gasteiger partial charge in [0.1, 0.15) is 5.75 Å². The van der Waals surface area contributed by atoms with Crippen LogP contribution in [-0.4, -0.2) is 31.3 Å². The van der Waals surface area contributed by atoms with Gasteiger partial charge in [0.25, 0.3) is 5.91 Å². The minimum absolute atomic E-state index is 0.134. The Morgan fingerprint density at radius 3 is 2.89 bits per heavy atom. The Labute approximate surface area is 118 Å². The quantitative estimate of drug-likeness (QED) is 0.903. The van der Waals surface area contributed by atoms with Crippen molar-refractivity contribution in [3.05, 3.63) is 29.3 Å². The first-order chi connectivity index (χ1) is 9.15. The topological polar surface area (TPSA) is 47.6 Å². The van der Waals surface area contributed by atoms with Crippen molar-refractivity contribution < 1.29 is 14.3 Å². The van der Waals surface area contributed by atoms with Crippen molar-refractivity contribution in [3.63, 3.8) is 0 Å². The standard InChI is InChI=1S/C14H18ClNO3/c1-10(19-12-6-4-11(15)5-7-12)14(17)16-9-13-3-2-8-18-13/h4-7,10,13H,2-3,8-9H2,1H3,(H,16,17)/t10-,13+/m1/s1. The van der Waals surface area contributed by atoms with E-state index in [1.165, 1.54) is 0 Å². The van der Waals surface area contributed by atoms with Crippen LogP contribution in [-0.2, 0) is 9.53 Å². The molecule has 0 spiro atoms. The third kappa shape index (κ3) is 4.40. The van der Waals surface area contributed by atoms with Crippen molar-refractivity contribution in [2.24, 2.45) is 0 Å². The molecular weight excluding hydrogens is 266 g/mol. The van der Waals surface area contributed by atoms with Crippen molar-refractivity contribution in [1.29, 1.82) is 0 Å². The summed E-state index contributed by atoms with van der Waals surface area (Å²) in [5.74, 6) is 0.495. The first kappa shape index (κ1) is 14.2. The van der Waals surface area contributed by atoms with Crippen molar-refractivity contribution in [3.8, 4) is 5.75 Å². The van der Waals surface area contributed by atoms with Crippen LogP contribution in [0.15, 0.2) is 24.3 Å². The molecule has 1 aromatic rings. The Kier molecular flexibility index (Phi) is 5.05. The maximum atomic E-state index is 11.9. The maximum Gasteiger partial charge on any atom is 0.260 e. The molecule has 1 aliphatic heterocycles. The molecule has 4 nitrogen and oxygen atoms in total. The zero-order chi connectivity index (χ0) is 13.7. The number of hydrogen-bond acceptors (Lipinski definition) is 3. The Bertz CT molecular complexity index is 415. The van der Waals surface area contributed by atoms with E-state index in [2.05, 4.69) is 5.32 Å². The molecule has 1 aromatic carbocycles. The van der Waals surface area contributed by atoms with Gasteiger partial charge in [-0.2, -0.15) is 0 Å². The highest BCUT2D eigenvalue weighted by molar-refractivity contribution is 6.30. The van der Waals surface area contributed by atoms with Gasteiger partial charge in [-0.05, 0) is 44.0 Å². The smallest absolute Gasteiger partial charge is 0.260 e. The van der Waals surface area contributed by atoms with Gasteiger partial charge in [0.2, 0.25) is 0 Å². The average Bonchev–Trinajstić information content (AvgIpc) is 2.91. The van der Waals surface area contributed by atoms with Gasteiger partial charge in [0, 0.05) is 18.2 Å². The molecule has 104 valence electrons. The van der Waals surface area contributed by atoms with E-state index >= 15 is 0 Å². The Balaban J connectivity index is 1.76. The Hall–Kier alpha value is -1.26. The predicted molar refractivity (Wildman–Crippen MR) is 73.5 cm³/mol. The van der Waals surface area contributed by atoms with E-state index in [0.717, 1.165) is 19.4 Å². The average molecular weight is 284 g/mol. The molecule has 0 saturated carbocycles. The van der Waals surface area contributed by atoms with Gasteiger partial charge in [-0.25, -0.2) is 0 Å². The highest BCUT2D eigenvalue weighted by Crippen LogP contribution is 2.17. The van der Waals surface area contributed by atoms with Crippen molar-refractivity contribution in [2.45, 2.75) is 32.0 Å². The first-order valence-corrected chi connectivity index (χ1v) is 6.84. The minimum atomic E-state index is -0.539. The molecule has 0 aromatic heterocycles. The second kappa shape index (κ2) is 6.78. The molecule has 0 unspecified atom stereocenters. The number of carbonyl (C=O) groups excluding carboxylic acids is 1. The minimum Gasteiger partial charge on any atom is -0.481 e. The van der Waals surface area contributed by atoms with Crippen LogP contribution in [0, 0.1) is 0 Å². The summed E-state index contributed by atoms with van der Waals surface area (Å²) >= 11 is 5.78. The van der Waals surface area contributed by atoms with Crippen molar-refractivity contribution >= 4 is 17.5 Å². The van der Waals surface area contributed by atoms with E-state index in [1.807, 2.05) is 0 Å². The van der Waals surface area contributed by atoms with E-state index < -0.39 is 6.10 Å². The molecule has 19 heavy (non-hydrogen) atoms.